The minimum Gasteiger partial charge on any atom is -0.491 e. The zero-order valence-corrected chi connectivity index (χ0v) is 19.6. The molecule has 6 heteroatoms. The topological polar surface area (TPSA) is 48.0 Å². The number of rotatable bonds is 12. The molecular weight excluding hydrogens is 433 g/mol. The Kier molecular flexibility index (Phi) is 9.23. The molecular formula is C28H30FNO4. The molecule has 5 nitrogen and oxygen atoms in total. The lowest BCUT2D eigenvalue weighted by atomic mass is 10.1. The van der Waals surface area contributed by atoms with Gasteiger partial charge in [0.05, 0.1) is 25.4 Å². The Balaban J connectivity index is 1.91. The lowest BCUT2D eigenvalue weighted by molar-refractivity contribution is -0.116. The lowest BCUT2D eigenvalue weighted by Crippen LogP contribution is -2.28. The lowest BCUT2D eigenvalue weighted by Gasteiger charge is -2.25. The Morgan fingerprint density at radius 2 is 1.79 bits per heavy atom. The Labute approximate surface area is 200 Å². The minimum absolute atomic E-state index is 0.195. The Morgan fingerprint density at radius 1 is 1.03 bits per heavy atom. The number of carbonyl (C=O) groups is 1. The van der Waals surface area contributed by atoms with Crippen LogP contribution in [0.4, 0.5) is 10.1 Å². The van der Waals surface area contributed by atoms with E-state index in [1.54, 1.807) is 18.2 Å². The number of para-hydroxylation sites is 1. The molecule has 0 saturated carbocycles. The molecule has 3 aromatic rings. The maximum Gasteiger partial charge on any atom is 0.224 e. The van der Waals surface area contributed by atoms with Crippen molar-refractivity contribution in [2.24, 2.45) is 0 Å². The summed E-state index contributed by atoms with van der Waals surface area (Å²) in [4.78, 5) is 14.2. The summed E-state index contributed by atoms with van der Waals surface area (Å²) >= 11 is 0. The second-order valence-electron chi connectivity index (χ2n) is 7.64. The molecule has 0 N–H and O–H groups in total. The number of nitrogens with zero attached hydrogens (tertiary/aromatic N) is 1. The van der Waals surface area contributed by atoms with Gasteiger partial charge in [-0.2, -0.15) is 0 Å². The molecule has 3 aromatic carbocycles. The van der Waals surface area contributed by atoms with Crippen molar-refractivity contribution in [1.29, 1.82) is 0 Å². The van der Waals surface area contributed by atoms with Crippen molar-refractivity contribution >= 4 is 11.6 Å². The summed E-state index contributed by atoms with van der Waals surface area (Å²) in [6.07, 6.45) is 2.51. The van der Waals surface area contributed by atoms with Gasteiger partial charge in [0, 0.05) is 18.6 Å². The summed E-state index contributed by atoms with van der Waals surface area (Å²) in [6, 6.07) is 19.2. The molecule has 0 aliphatic carbocycles. The monoisotopic (exact) mass is 463 g/mol. The number of hydrogen-bond acceptors (Lipinski definition) is 4. The van der Waals surface area contributed by atoms with E-state index in [0.29, 0.717) is 42.8 Å². The molecule has 0 aliphatic rings. The molecule has 0 bridgehead atoms. The molecule has 0 aliphatic heterocycles. The molecule has 178 valence electrons. The van der Waals surface area contributed by atoms with Gasteiger partial charge < -0.3 is 19.1 Å². The number of hydrogen-bond donors (Lipinski definition) is 0. The number of halogens is 1. The third-order valence-corrected chi connectivity index (χ3v) is 5.15. The zero-order chi connectivity index (χ0) is 24.3. The Morgan fingerprint density at radius 3 is 2.50 bits per heavy atom. The van der Waals surface area contributed by atoms with Crippen LogP contribution >= 0.6 is 0 Å². The van der Waals surface area contributed by atoms with E-state index in [-0.39, 0.29) is 12.5 Å². The van der Waals surface area contributed by atoms with Crippen LogP contribution in [-0.2, 0) is 22.5 Å². The first kappa shape index (κ1) is 25.0. The summed E-state index contributed by atoms with van der Waals surface area (Å²) < 4.78 is 31.6. The minimum atomic E-state index is -0.459. The molecule has 3 rings (SSSR count). The molecule has 0 radical (unpaired) electrons. The molecule has 0 atom stereocenters. The first-order valence-corrected chi connectivity index (χ1v) is 11.3. The summed E-state index contributed by atoms with van der Waals surface area (Å²) in [5.74, 6) is 0.920. The fraction of sp³-hybridized carbons (Fsp3) is 0.250. The number of amides is 1. The van der Waals surface area contributed by atoms with Crippen molar-refractivity contribution in [3.63, 3.8) is 0 Å². The van der Waals surface area contributed by atoms with E-state index in [1.165, 1.54) is 30.0 Å². The second kappa shape index (κ2) is 12.6. The summed E-state index contributed by atoms with van der Waals surface area (Å²) in [5.41, 5.74) is 2.26. The van der Waals surface area contributed by atoms with Gasteiger partial charge >= 0.3 is 0 Å². The number of benzene rings is 3. The highest BCUT2D eigenvalue weighted by molar-refractivity contribution is 5.93. The summed E-state index contributed by atoms with van der Waals surface area (Å²) in [7, 11) is 0. The third-order valence-electron chi connectivity index (χ3n) is 5.15. The number of ether oxygens (including phenoxy) is 3. The van der Waals surface area contributed by atoms with E-state index in [0.717, 1.165) is 17.5 Å². The normalized spacial score (nSPS) is 10.6. The van der Waals surface area contributed by atoms with Crippen LogP contribution in [0.2, 0.25) is 0 Å². The van der Waals surface area contributed by atoms with Gasteiger partial charge in [0.1, 0.15) is 23.9 Å². The van der Waals surface area contributed by atoms with Crippen LogP contribution in [0.25, 0.3) is 0 Å². The van der Waals surface area contributed by atoms with Gasteiger partial charge in [-0.25, -0.2) is 4.39 Å². The first-order chi connectivity index (χ1) is 16.5. The van der Waals surface area contributed by atoms with Crippen molar-refractivity contribution < 1.29 is 23.4 Å². The van der Waals surface area contributed by atoms with Crippen LogP contribution in [0.15, 0.2) is 79.4 Å². The predicted octanol–water partition coefficient (Wildman–Crippen LogP) is 6.31. The number of carbonyl (C=O) groups excluding carboxylic acids is 1. The maximum atomic E-state index is 14.3. The molecule has 0 spiro atoms. The quantitative estimate of drug-likeness (QED) is 0.233. The van der Waals surface area contributed by atoms with Crippen LogP contribution in [0.5, 0.6) is 17.2 Å². The number of aryl methyl sites for hydroxylation is 1. The SMILES string of the molecule is C=CCOCCOc1ccc(CC)cc1CN(C(C)=O)c1cc(F)ccc1Oc1ccccc1. The first-order valence-electron chi connectivity index (χ1n) is 11.3. The average molecular weight is 464 g/mol. The number of anilines is 1. The maximum absolute atomic E-state index is 14.3. The van der Waals surface area contributed by atoms with E-state index in [9.17, 15) is 9.18 Å². The van der Waals surface area contributed by atoms with E-state index in [1.807, 2.05) is 36.4 Å². The van der Waals surface area contributed by atoms with Crippen molar-refractivity contribution in [2.45, 2.75) is 26.8 Å². The van der Waals surface area contributed by atoms with Crippen molar-refractivity contribution in [3.05, 3.63) is 96.3 Å². The Hall–Kier alpha value is -3.64. The van der Waals surface area contributed by atoms with Gasteiger partial charge in [-0.15, -0.1) is 6.58 Å². The van der Waals surface area contributed by atoms with Gasteiger partial charge in [-0.3, -0.25) is 4.79 Å². The fourth-order valence-electron chi connectivity index (χ4n) is 3.43. The van der Waals surface area contributed by atoms with Gasteiger partial charge in [0.15, 0.2) is 5.75 Å². The van der Waals surface area contributed by atoms with Gasteiger partial charge in [-0.05, 0) is 42.3 Å². The third kappa shape index (κ3) is 6.93. The highest BCUT2D eigenvalue weighted by Crippen LogP contribution is 2.35. The van der Waals surface area contributed by atoms with E-state index in [2.05, 4.69) is 13.5 Å². The summed E-state index contributed by atoms with van der Waals surface area (Å²) in [5, 5.41) is 0. The van der Waals surface area contributed by atoms with Crippen LogP contribution in [0.1, 0.15) is 25.0 Å². The summed E-state index contributed by atoms with van der Waals surface area (Å²) in [6.45, 7) is 8.55. The molecule has 34 heavy (non-hydrogen) atoms. The molecule has 1 amide bonds. The molecule has 0 unspecified atom stereocenters. The van der Waals surface area contributed by atoms with Crippen LogP contribution in [-0.4, -0.2) is 25.7 Å². The average Bonchev–Trinajstić information content (AvgIpc) is 2.84. The van der Waals surface area contributed by atoms with Crippen LogP contribution in [0, 0.1) is 5.82 Å². The van der Waals surface area contributed by atoms with Gasteiger partial charge in [0.2, 0.25) is 5.91 Å². The smallest absolute Gasteiger partial charge is 0.224 e. The van der Waals surface area contributed by atoms with Crippen LogP contribution < -0.4 is 14.4 Å². The van der Waals surface area contributed by atoms with E-state index >= 15 is 0 Å². The predicted molar refractivity (Wildman–Crippen MR) is 132 cm³/mol. The largest absolute Gasteiger partial charge is 0.491 e. The molecule has 0 fully saturated rings. The molecule has 0 saturated heterocycles. The highest BCUT2D eigenvalue weighted by Gasteiger charge is 2.20. The van der Waals surface area contributed by atoms with Crippen molar-refractivity contribution in [1.82, 2.24) is 0 Å². The zero-order valence-electron chi connectivity index (χ0n) is 19.6. The molecule has 0 heterocycles. The van der Waals surface area contributed by atoms with Crippen molar-refractivity contribution in [2.75, 3.05) is 24.7 Å². The van der Waals surface area contributed by atoms with Crippen molar-refractivity contribution in [3.8, 4) is 17.2 Å². The van der Waals surface area contributed by atoms with Crippen LogP contribution in [0.3, 0.4) is 0 Å². The molecule has 0 aromatic heterocycles. The van der Waals surface area contributed by atoms with E-state index < -0.39 is 5.82 Å². The van der Waals surface area contributed by atoms with E-state index in [4.69, 9.17) is 14.2 Å². The Bertz CT molecular complexity index is 1100. The highest BCUT2D eigenvalue weighted by atomic mass is 19.1. The second-order valence-corrected chi connectivity index (χ2v) is 7.64. The van der Waals surface area contributed by atoms with Gasteiger partial charge in [-0.1, -0.05) is 43.3 Å². The van der Waals surface area contributed by atoms with Gasteiger partial charge in [0.25, 0.3) is 0 Å². The fourth-order valence-corrected chi connectivity index (χ4v) is 3.43. The standard InChI is InChI=1S/C28H30FNO4/c1-4-15-32-16-17-33-27-13-11-22(5-2)18-23(27)20-30(21(3)31)26-19-24(29)12-14-28(26)34-25-9-7-6-8-10-25/h4,6-14,18-19H,1,5,15-17,20H2,2-3H3.